The van der Waals surface area contributed by atoms with Crippen molar-refractivity contribution in [3.63, 3.8) is 0 Å². The molecule has 8 heteroatoms. The van der Waals surface area contributed by atoms with Crippen molar-refractivity contribution >= 4 is 22.9 Å². The lowest BCUT2D eigenvalue weighted by Gasteiger charge is -2.09. The van der Waals surface area contributed by atoms with Gasteiger partial charge in [-0.1, -0.05) is 6.07 Å². The third kappa shape index (κ3) is 2.18. The summed E-state index contributed by atoms with van der Waals surface area (Å²) in [6.45, 7) is 0.502. The minimum Gasteiger partial charge on any atom is -0.481 e. The highest BCUT2D eigenvalue weighted by Gasteiger charge is 2.09. The van der Waals surface area contributed by atoms with Crippen LogP contribution in [0.2, 0.25) is 0 Å². The Kier molecular flexibility index (Phi) is 3.04. The summed E-state index contributed by atoms with van der Waals surface area (Å²) in [5.74, 6) is 1.34. The zero-order valence-corrected chi connectivity index (χ0v) is 10.8. The summed E-state index contributed by atoms with van der Waals surface area (Å²) in [5.41, 5.74) is 7.81. The molecule has 0 aliphatic heterocycles. The maximum absolute atomic E-state index is 5.66. The number of rotatable bonds is 4. The molecular weight excluding hydrogens is 258 g/mol. The van der Waals surface area contributed by atoms with Gasteiger partial charge in [0.25, 0.3) is 0 Å². The number of hydrogen-bond acceptors (Lipinski definition) is 7. The first-order valence-corrected chi connectivity index (χ1v) is 5.96. The third-order valence-electron chi connectivity index (χ3n) is 2.79. The molecule has 20 heavy (non-hydrogen) atoms. The van der Waals surface area contributed by atoms with E-state index >= 15 is 0 Å². The predicted octanol–water partition coefficient (Wildman–Crippen LogP) is 0.951. The highest BCUT2D eigenvalue weighted by atomic mass is 16.5. The van der Waals surface area contributed by atoms with Crippen molar-refractivity contribution in [3.8, 4) is 5.88 Å². The van der Waals surface area contributed by atoms with E-state index in [-0.39, 0.29) is 5.95 Å². The molecule has 0 saturated heterocycles. The van der Waals surface area contributed by atoms with Gasteiger partial charge in [-0.25, -0.2) is 9.97 Å². The van der Waals surface area contributed by atoms with Crippen LogP contribution in [0.1, 0.15) is 5.56 Å². The summed E-state index contributed by atoms with van der Waals surface area (Å²) >= 11 is 0. The summed E-state index contributed by atoms with van der Waals surface area (Å²) in [4.78, 5) is 19.4. The second kappa shape index (κ2) is 5.00. The normalized spacial score (nSPS) is 10.7. The molecule has 102 valence electrons. The van der Waals surface area contributed by atoms with E-state index in [1.54, 1.807) is 19.6 Å². The Bertz CT molecular complexity index is 740. The largest absolute Gasteiger partial charge is 0.481 e. The molecule has 0 fully saturated rings. The van der Waals surface area contributed by atoms with Gasteiger partial charge in [0, 0.05) is 18.3 Å². The van der Waals surface area contributed by atoms with Gasteiger partial charge in [0.05, 0.1) is 13.4 Å². The molecule has 0 radical (unpaired) electrons. The van der Waals surface area contributed by atoms with Gasteiger partial charge in [-0.2, -0.15) is 9.97 Å². The van der Waals surface area contributed by atoms with Gasteiger partial charge in [0.1, 0.15) is 5.52 Å². The molecule has 8 nitrogen and oxygen atoms in total. The molecule has 3 aromatic rings. The topological polar surface area (TPSA) is 115 Å². The van der Waals surface area contributed by atoms with E-state index in [1.807, 2.05) is 12.1 Å². The highest BCUT2D eigenvalue weighted by molar-refractivity contribution is 5.83. The fourth-order valence-corrected chi connectivity index (χ4v) is 1.90. The summed E-state index contributed by atoms with van der Waals surface area (Å²) < 4.78 is 5.20. The highest BCUT2D eigenvalue weighted by Crippen LogP contribution is 2.20. The number of methoxy groups -OCH3 is 1. The lowest BCUT2D eigenvalue weighted by molar-refractivity contribution is 0.393. The van der Waals surface area contributed by atoms with E-state index in [9.17, 15) is 0 Å². The van der Waals surface area contributed by atoms with E-state index in [2.05, 4.69) is 30.2 Å². The first-order chi connectivity index (χ1) is 9.78. The third-order valence-corrected chi connectivity index (χ3v) is 2.79. The zero-order chi connectivity index (χ0) is 13.9. The Hall–Kier alpha value is -2.90. The number of nitrogens with two attached hydrogens (primary N) is 1. The number of nitrogens with zero attached hydrogens (tertiary/aromatic N) is 4. The van der Waals surface area contributed by atoms with Crippen molar-refractivity contribution in [2.24, 2.45) is 0 Å². The second-order valence-electron chi connectivity index (χ2n) is 4.06. The van der Waals surface area contributed by atoms with Crippen LogP contribution in [-0.2, 0) is 6.54 Å². The summed E-state index contributed by atoms with van der Waals surface area (Å²) in [6, 6.07) is 3.77. The van der Waals surface area contributed by atoms with Gasteiger partial charge in [0.15, 0.2) is 11.5 Å². The number of pyridine rings is 1. The van der Waals surface area contributed by atoms with Crippen molar-refractivity contribution in [2.75, 3.05) is 18.2 Å². The molecule has 0 unspecified atom stereocenters. The fourth-order valence-electron chi connectivity index (χ4n) is 1.90. The molecule has 0 spiro atoms. The number of imidazole rings is 1. The number of nitrogens with one attached hydrogen (secondary N) is 2. The van der Waals surface area contributed by atoms with Gasteiger partial charge >= 0.3 is 0 Å². The van der Waals surface area contributed by atoms with E-state index in [0.29, 0.717) is 29.4 Å². The van der Waals surface area contributed by atoms with Gasteiger partial charge in [-0.3, -0.25) is 0 Å². The Morgan fingerprint density at radius 3 is 3.10 bits per heavy atom. The molecule has 3 aromatic heterocycles. The number of ether oxygens (including phenoxy) is 1. The minimum absolute atomic E-state index is 0.172. The van der Waals surface area contributed by atoms with Gasteiger partial charge in [-0.05, 0) is 6.07 Å². The molecule has 0 aliphatic rings. The monoisotopic (exact) mass is 271 g/mol. The van der Waals surface area contributed by atoms with Gasteiger partial charge < -0.3 is 20.8 Å². The minimum atomic E-state index is 0.172. The van der Waals surface area contributed by atoms with Crippen LogP contribution in [0.5, 0.6) is 5.88 Å². The van der Waals surface area contributed by atoms with Gasteiger partial charge in [0.2, 0.25) is 11.8 Å². The predicted molar refractivity (Wildman–Crippen MR) is 74.2 cm³/mol. The Morgan fingerprint density at radius 1 is 1.35 bits per heavy atom. The maximum Gasteiger partial charge on any atom is 0.224 e. The van der Waals surface area contributed by atoms with E-state index in [1.165, 1.54) is 0 Å². The molecule has 0 amide bonds. The van der Waals surface area contributed by atoms with Crippen LogP contribution in [0.3, 0.4) is 0 Å². The van der Waals surface area contributed by atoms with Crippen LogP contribution in [0.25, 0.3) is 11.2 Å². The first kappa shape index (κ1) is 12.2. The molecule has 0 saturated carbocycles. The smallest absolute Gasteiger partial charge is 0.224 e. The van der Waals surface area contributed by atoms with Crippen molar-refractivity contribution < 1.29 is 4.74 Å². The number of aromatic nitrogens is 5. The number of aromatic amines is 1. The van der Waals surface area contributed by atoms with Crippen LogP contribution >= 0.6 is 0 Å². The van der Waals surface area contributed by atoms with E-state index in [0.717, 1.165) is 5.56 Å². The zero-order valence-electron chi connectivity index (χ0n) is 10.8. The molecule has 4 N–H and O–H groups in total. The molecule has 3 rings (SSSR count). The number of H-pyrrole nitrogens is 1. The first-order valence-electron chi connectivity index (χ1n) is 5.96. The molecule has 3 heterocycles. The van der Waals surface area contributed by atoms with Crippen LogP contribution in [0.4, 0.5) is 11.8 Å². The molecule has 0 aliphatic carbocycles. The van der Waals surface area contributed by atoms with Crippen LogP contribution in [0, 0.1) is 0 Å². The van der Waals surface area contributed by atoms with E-state index < -0.39 is 0 Å². The van der Waals surface area contributed by atoms with Crippen molar-refractivity contribution in [2.45, 2.75) is 6.54 Å². The Morgan fingerprint density at radius 2 is 2.25 bits per heavy atom. The van der Waals surface area contributed by atoms with Crippen molar-refractivity contribution in [3.05, 3.63) is 30.2 Å². The number of anilines is 2. The van der Waals surface area contributed by atoms with E-state index in [4.69, 9.17) is 10.5 Å². The number of nitrogen functional groups attached to an aromatic ring is 1. The summed E-state index contributed by atoms with van der Waals surface area (Å²) in [5, 5.41) is 3.18. The quantitative estimate of drug-likeness (QED) is 0.647. The Labute approximate surface area is 114 Å². The van der Waals surface area contributed by atoms with Crippen molar-refractivity contribution in [1.82, 2.24) is 24.9 Å². The van der Waals surface area contributed by atoms with Crippen LogP contribution in [0.15, 0.2) is 24.7 Å². The molecule has 0 aromatic carbocycles. The molecule has 0 atom stereocenters. The Balaban J connectivity index is 1.88. The lowest BCUT2D eigenvalue weighted by Crippen LogP contribution is -2.07. The standard InChI is InChI=1S/C12H13N7O/c1-20-11-7(3-2-4-14-11)5-15-9-8-10(17-6-16-8)19-12(13)18-9/h2-4,6H,5H2,1H3,(H4,13,15,16,17,18,19). The molecule has 0 bridgehead atoms. The lowest BCUT2D eigenvalue weighted by atomic mass is 10.2. The fraction of sp³-hybridized carbons (Fsp3) is 0.167. The SMILES string of the molecule is COc1ncccc1CNc1nc(N)nc2nc[nH]c12. The average Bonchev–Trinajstić information content (AvgIpc) is 2.93. The summed E-state index contributed by atoms with van der Waals surface area (Å²) in [7, 11) is 1.58. The van der Waals surface area contributed by atoms with Crippen molar-refractivity contribution in [1.29, 1.82) is 0 Å². The van der Waals surface area contributed by atoms with Gasteiger partial charge in [-0.15, -0.1) is 0 Å². The molecular formula is C12H13N7O. The second-order valence-corrected chi connectivity index (χ2v) is 4.06. The maximum atomic E-state index is 5.66. The van der Waals surface area contributed by atoms with Crippen LogP contribution < -0.4 is 15.8 Å². The average molecular weight is 271 g/mol. The van der Waals surface area contributed by atoms with Crippen LogP contribution in [-0.4, -0.2) is 32.0 Å². The number of fused-ring (bicyclic) bond motifs is 1. The number of hydrogen-bond donors (Lipinski definition) is 3. The summed E-state index contributed by atoms with van der Waals surface area (Å²) in [6.07, 6.45) is 3.23.